The number of fused-ring (bicyclic) bond motifs is 1. The molecule has 0 amide bonds. The van der Waals surface area contributed by atoms with E-state index in [1.807, 2.05) is 6.07 Å². The molecule has 2 aliphatic rings. The summed E-state index contributed by atoms with van der Waals surface area (Å²) in [6, 6.07) is 5.33. The van der Waals surface area contributed by atoms with Crippen molar-refractivity contribution in [3.63, 3.8) is 0 Å². The fraction of sp³-hybridized carbons (Fsp3) is 0.450. The number of aromatic amines is 1. The maximum Gasteiger partial charge on any atom is 0.255 e. The van der Waals surface area contributed by atoms with Gasteiger partial charge in [-0.2, -0.15) is 0 Å². The number of nitrogens with one attached hydrogen (secondary N) is 1. The second-order valence-corrected chi connectivity index (χ2v) is 7.17. The molecule has 2 aliphatic heterocycles. The number of aromatic nitrogens is 2. The Hall–Kier alpha value is -2.34. The van der Waals surface area contributed by atoms with Crippen molar-refractivity contribution in [2.24, 2.45) is 4.99 Å². The smallest absolute Gasteiger partial charge is 0.255 e. The lowest BCUT2D eigenvalue weighted by molar-refractivity contribution is 0.241. The lowest BCUT2D eigenvalue weighted by atomic mass is 10.0. The summed E-state index contributed by atoms with van der Waals surface area (Å²) in [6.45, 7) is 4.56. The Kier molecular flexibility index (Phi) is 4.68. The minimum atomic E-state index is -0.183. The van der Waals surface area contributed by atoms with Crippen LogP contribution >= 0.6 is 0 Å². The van der Waals surface area contributed by atoms with E-state index in [0.29, 0.717) is 24.5 Å². The Balaban J connectivity index is 1.54. The van der Waals surface area contributed by atoms with Gasteiger partial charge in [-0.05, 0) is 43.4 Å². The number of hydrogen-bond donors (Lipinski definition) is 1. The number of aliphatic imine (C=N–C) groups is 1. The molecule has 0 atom stereocenters. The van der Waals surface area contributed by atoms with Crippen LogP contribution in [0.25, 0.3) is 0 Å². The largest absolute Gasteiger partial charge is 0.305 e. The van der Waals surface area contributed by atoms with Gasteiger partial charge < -0.3 is 4.98 Å². The van der Waals surface area contributed by atoms with Crippen LogP contribution in [-0.2, 0) is 19.5 Å². The van der Waals surface area contributed by atoms with Crippen LogP contribution in [0.3, 0.4) is 0 Å². The van der Waals surface area contributed by atoms with Gasteiger partial charge >= 0.3 is 0 Å². The van der Waals surface area contributed by atoms with Gasteiger partial charge in [0.25, 0.3) is 5.56 Å². The summed E-state index contributed by atoms with van der Waals surface area (Å²) in [5, 5.41) is 0. The molecule has 0 saturated heterocycles. The van der Waals surface area contributed by atoms with Crippen molar-refractivity contribution in [2.45, 2.75) is 45.7 Å². The van der Waals surface area contributed by atoms with Crippen molar-refractivity contribution in [3.8, 4) is 0 Å². The standard InChI is InChI=1S/C20H23FN4O/c1-13-5-6-14(10-16(13)21)11-25-9-7-17-15(12-25)20(26)24-19(23-17)18-4-2-3-8-22-18/h5-6,10H,2-4,7-9,11-12H2,1H3,(H,23,24,26). The Morgan fingerprint density at radius 3 is 2.92 bits per heavy atom. The van der Waals surface area contributed by atoms with Crippen LogP contribution in [0.15, 0.2) is 28.0 Å². The normalized spacial score (nSPS) is 17.7. The van der Waals surface area contributed by atoms with Gasteiger partial charge in [-0.3, -0.25) is 14.7 Å². The molecule has 4 rings (SSSR count). The summed E-state index contributed by atoms with van der Waals surface area (Å²) in [7, 11) is 0. The molecule has 1 aromatic carbocycles. The van der Waals surface area contributed by atoms with Crippen molar-refractivity contribution in [3.05, 3.63) is 62.6 Å². The first-order valence-corrected chi connectivity index (χ1v) is 9.23. The van der Waals surface area contributed by atoms with E-state index in [2.05, 4.69) is 14.9 Å². The molecule has 1 N–H and O–H groups in total. The summed E-state index contributed by atoms with van der Waals surface area (Å²) in [4.78, 5) is 26.9. The predicted octanol–water partition coefficient (Wildman–Crippen LogP) is 2.75. The number of nitrogens with zero attached hydrogens (tertiary/aromatic N) is 3. The Morgan fingerprint density at radius 1 is 1.27 bits per heavy atom. The lowest BCUT2D eigenvalue weighted by Gasteiger charge is -2.28. The zero-order chi connectivity index (χ0) is 18.1. The van der Waals surface area contributed by atoms with Gasteiger partial charge in [-0.1, -0.05) is 12.1 Å². The molecule has 0 saturated carbocycles. The molecule has 0 aliphatic carbocycles. The highest BCUT2D eigenvalue weighted by Gasteiger charge is 2.22. The fourth-order valence-electron chi connectivity index (χ4n) is 3.64. The van der Waals surface area contributed by atoms with Gasteiger partial charge in [0.1, 0.15) is 5.82 Å². The molecule has 5 nitrogen and oxygen atoms in total. The summed E-state index contributed by atoms with van der Waals surface area (Å²) in [5.74, 6) is 0.458. The van der Waals surface area contributed by atoms with E-state index in [0.717, 1.165) is 61.3 Å². The molecule has 1 aromatic heterocycles. The van der Waals surface area contributed by atoms with Gasteiger partial charge in [-0.25, -0.2) is 9.37 Å². The maximum absolute atomic E-state index is 13.8. The van der Waals surface area contributed by atoms with Crippen LogP contribution in [0.5, 0.6) is 0 Å². The average molecular weight is 354 g/mol. The first-order valence-electron chi connectivity index (χ1n) is 9.23. The summed E-state index contributed by atoms with van der Waals surface area (Å²) in [6.07, 6.45) is 3.81. The Morgan fingerprint density at radius 2 is 2.15 bits per heavy atom. The monoisotopic (exact) mass is 354 g/mol. The van der Waals surface area contributed by atoms with Crippen LogP contribution in [0.2, 0.25) is 0 Å². The number of benzene rings is 1. The van der Waals surface area contributed by atoms with Crippen LogP contribution in [0.4, 0.5) is 4.39 Å². The third kappa shape index (κ3) is 3.46. The van der Waals surface area contributed by atoms with Gasteiger partial charge in [0.15, 0.2) is 5.82 Å². The number of H-pyrrole nitrogens is 1. The molecule has 0 fully saturated rings. The highest BCUT2D eigenvalue weighted by Crippen LogP contribution is 2.19. The van der Waals surface area contributed by atoms with Gasteiger partial charge in [0, 0.05) is 32.6 Å². The predicted molar refractivity (Wildman–Crippen MR) is 99.1 cm³/mol. The molecular formula is C20H23FN4O. The van der Waals surface area contributed by atoms with Crippen molar-refractivity contribution in [2.75, 3.05) is 13.1 Å². The first kappa shape index (κ1) is 17.1. The second-order valence-electron chi connectivity index (χ2n) is 7.17. The summed E-state index contributed by atoms with van der Waals surface area (Å²) >= 11 is 0. The second kappa shape index (κ2) is 7.11. The van der Waals surface area contributed by atoms with E-state index >= 15 is 0 Å². The highest BCUT2D eigenvalue weighted by molar-refractivity contribution is 5.97. The van der Waals surface area contributed by atoms with Gasteiger partial charge in [0.2, 0.25) is 0 Å². The average Bonchev–Trinajstić information content (AvgIpc) is 2.66. The molecule has 0 unspecified atom stereocenters. The van der Waals surface area contributed by atoms with E-state index in [9.17, 15) is 9.18 Å². The van der Waals surface area contributed by atoms with Crippen molar-refractivity contribution < 1.29 is 4.39 Å². The molecule has 6 heteroatoms. The third-order valence-corrected chi connectivity index (χ3v) is 5.19. The quantitative estimate of drug-likeness (QED) is 0.922. The fourth-order valence-corrected chi connectivity index (χ4v) is 3.64. The van der Waals surface area contributed by atoms with Crippen LogP contribution in [-0.4, -0.2) is 33.7 Å². The molecule has 2 aromatic rings. The SMILES string of the molecule is Cc1ccc(CN2CCc3nc(C4=NCCCC4)[nH]c(=O)c3C2)cc1F. The van der Waals surface area contributed by atoms with Crippen molar-refractivity contribution >= 4 is 5.71 Å². The Labute approximate surface area is 152 Å². The van der Waals surface area contributed by atoms with Gasteiger partial charge in [0.05, 0.1) is 17.0 Å². The van der Waals surface area contributed by atoms with E-state index < -0.39 is 0 Å². The van der Waals surface area contributed by atoms with Crippen LogP contribution in [0.1, 0.15) is 47.5 Å². The highest BCUT2D eigenvalue weighted by atomic mass is 19.1. The zero-order valence-electron chi connectivity index (χ0n) is 15.0. The molecule has 0 bridgehead atoms. The summed E-state index contributed by atoms with van der Waals surface area (Å²) < 4.78 is 13.8. The van der Waals surface area contributed by atoms with Crippen LogP contribution < -0.4 is 5.56 Å². The molecule has 0 radical (unpaired) electrons. The molecule has 3 heterocycles. The lowest BCUT2D eigenvalue weighted by Crippen LogP contribution is -2.36. The minimum Gasteiger partial charge on any atom is -0.305 e. The molecule has 0 spiro atoms. The maximum atomic E-state index is 13.8. The van der Waals surface area contributed by atoms with E-state index in [-0.39, 0.29) is 11.4 Å². The first-order chi connectivity index (χ1) is 12.6. The molecule has 136 valence electrons. The molecule has 26 heavy (non-hydrogen) atoms. The van der Waals surface area contributed by atoms with E-state index in [1.54, 1.807) is 19.1 Å². The van der Waals surface area contributed by atoms with E-state index in [4.69, 9.17) is 4.98 Å². The number of hydrogen-bond acceptors (Lipinski definition) is 4. The zero-order valence-corrected chi connectivity index (χ0v) is 15.0. The third-order valence-electron chi connectivity index (χ3n) is 5.19. The topological polar surface area (TPSA) is 61.4 Å². The molecular weight excluding hydrogens is 331 g/mol. The Bertz CT molecular complexity index is 919. The number of aryl methyl sites for hydroxylation is 1. The minimum absolute atomic E-state index is 0.0712. The number of halogens is 1. The van der Waals surface area contributed by atoms with E-state index in [1.165, 1.54) is 0 Å². The van der Waals surface area contributed by atoms with Crippen molar-refractivity contribution in [1.82, 2.24) is 14.9 Å². The van der Waals surface area contributed by atoms with Crippen LogP contribution in [0, 0.1) is 12.7 Å². The number of rotatable bonds is 3. The van der Waals surface area contributed by atoms with Gasteiger partial charge in [-0.15, -0.1) is 0 Å². The van der Waals surface area contributed by atoms with Crippen molar-refractivity contribution in [1.29, 1.82) is 0 Å². The summed E-state index contributed by atoms with van der Waals surface area (Å²) in [5.41, 5.74) is 4.03.